The number of imidazole rings is 1. The van der Waals surface area contributed by atoms with Crippen molar-refractivity contribution in [3.05, 3.63) is 45.1 Å². The fourth-order valence-corrected chi connectivity index (χ4v) is 5.76. The Bertz CT molecular complexity index is 1270. The van der Waals surface area contributed by atoms with E-state index in [4.69, 9.17) is 0 Å². The maximum Gasteiger partial charge on any atom is 0.274 e. The van der Waals surface area contributed by atoms with Crippen molar-refractivity contribution < 1.29 is 13.2 Å². The molecule has 0 atom stereocenters. The third-order valence-electron chi connectivity index (χ3n) is 6.35. The van der Waals surface area contributed by atoms with Gasteiger partial charge in [-0.1, -0.05) is 25.8 Å². The van der Waals surface area contributed by atoms with E-state index in [1.807, 2.05) is 7.05 Å². The van der Waals surface area contributed by atoms with Crippen LogP contribution in [0.2, 0.25) is 0 Å². The van der Waals surface area contributed by atoms with Gasteiger partial charge in [-0.15, -0.1) is 0 Å². The summed E-state index contributed by atoms with van der Waals surface area (Å²) in [6.07, 6.45) is 6.11. The standard InChI is InChI=1S/C22H28N4O4S/c1-15-21(28)24-22-23-19-11-10-18(13-16(19)14-26(15)22)31(29,30)12-6-9-20(27)25(2)17-7-4-3-5-8-17/h10-11,13,17H,1,3-9,12,14H2,2H3,(H,23,24,28). The van der Waals surface area contributed by atoms with Crippen LogP contribution in [0.25, 0.3) is 6.58 Å². The number of nitrogens with zero attached hydrogens (tertiary/aromatic N) is 3. The smallest absolute Gasteiger partial charge is 0.274 e. The van der Waals surface area contributed by atoms with Gasteiger partial charge in [0.1, 0.15) is 5.35 Å². The monoisotopic (exact) mass is 444 g/mol. The number of amides is 1. The SMILES string of the molecule is C=c1c(=O)[nH]c2n1Cc1cc(S(=O)(=O)CCCC(=O)N(C)C3CCCCC3)ccc1N=2. The molecule has 1 aliphatic carbocycles. The third-order valence-corrected chi connectivity index (χ3v) is 8.15. The maximum absolute atomic E-state index is 12.9. The van der Waals surface area contributed by atoms with Gasteiger partial charge in [0.2, 0.25) is 11.5 Å². The highest BCUT2D eigenvalue weighted by Crippen LogP contribution is 2.26. The molecule has 1 N–H and O–H groups in total. The van der Waals surface area contributed by atoms with Crippen LogP contribution in [0.4, 0.5) is 5.69 Å². The van der Waals surface area contributed by atoms with Crippen LogP contribution in [0, 0.1) is 0 Å². The Morgan fingerprint density at radius 3 is 2.77 bits per heavy atom. The molecule has 166 valence electrons. The minimum absolute atomic E-state index is 0.0131. The van der Waals surface area contributed by atoms with Gasteiger partial charge in [0.25, 0.3) is 5.56 Å². The molecule has 31 heavy (non-hydrogen) atoms. The maximum atomic E-state index is 12.9. The van der Waals surface area contributed by atoms with Gasteiger partial charge >= 0.3 is 0 Å². The molecule has 1 fully saturated rings. The summed E-state index contributed by atoms with van der Waals surface area (Å²) in [4.78, 5) is 33.3. The summed E-state index contributed by atoms with van der Waals surface area (Å²) in [5, 5.41) is 0.290. The lowest BCUT2D eigenvalue weighted by Crippen LogP contribution is -2.38. The van der Waals surface area contributed by atoms with E-state index < -0.39 is 9.84 Å². The molecule has 2 aromatic rings. The topological polar surface area (TPSA) is 105 Å². The Morgan fingerprint density at radius 2 is 2.03 bits per heavy atom. The van der Waals surface area contributed by atoms with Gasteiger partial charge in [-0.3, -0.25) is 14.6 Å². The Kier molecular flexibility index (Phi) is 5.88. The molecule has 9 heteroatoms. The van der Waals surface area contributed by atoms with E-state index in [1.54, 1.807) is 21.6 Å². The molecule has 1 aromatic heterocycles. The van der Waals surface area contributed by atoms with Crippen molar-refractivity contribution in [2.75, 3.05) is 12.8 Å². The fourth-order valence-electron chi connectivity index (χ4n) is 4.41. The zero-order valence-corrected chi connectivity index (χ0v) is 18.6. The largest absolute Gasteiger partial charge is 0.343 e. The van der Waals surface area contributed by atoms with E-state index in [1.165, 1.54) is 12.5 Å². The first-order valence-corrected chi connectivity index (χ1v) is 12.4. The zero-order valence-electron chi connectivity index (χ0n) is 17.8. The van der Waals surface area contributed by atoms with Crippen molar-refractivity contribution in [3.8, 4) is 0 Å². The number of nitrogens with one attached hydrogen (secondary N) is 1. The van der Waals surface area contributed by atoms with Crippen LogP contribution in [0.1, 0.15) is 50.5 Å². The molecule has 1 aromatic carbocycles. The average Bonchev–Trinajstić information content (AvgIpc) is 3.04. The number of hydrogen-bond donors (Lipinski definition) is 1. The molecule has 0 saturated heterocycles. The van der Waals surface area contributed by atoms with Crippen LogP contribution >= 0.6 is 0 Å². The van der Waals surface area contributed by atoms with E-state index in [-0.39, 0.29) is 34.6 Å². The summed E-state index contributed by atoms with van der Waals surface area (Å²) in [6, 6.07) is 5.08. The fraction of sp³-hybridized carbons (Fsp3) is 0.500. The van der Waals surface area contributed by atoms with Crippen molar-refractivity contribution in [2.24, 2.45) is 4.99 Å². The zero-order chi connectivity index (χ0) is 22.2. The summed E-state index contributed by atoms with van der Waals surface area (Å²) < 4.78 is 27.4. The molecule has 0 bridgehead atoms. The summed E-state index contributed by atoms with van der Waals surface area (Å²) in [6.45, 7) is 4.08. The highest BCUT2D eigenvalue weighted by Gasteiger charge is 2.23. The molecule has 1 amide bonds. The first kappa shape index (κ1) is 21.5. The van der Waals surface area contributed by atoms with E-state index >= 15 is 0 Å². The van der Waals surface area contributed by atoms with Crippen LogP contribution in [-0.4, -0.2) is 47.6 Å². The Balaban J connectivity index is 1.42. The third kappa shape index (κ3) is 4.37. The molecule has 0 unspecified atom stereocenters. The number of benzene rings is 1. The molecule has 0 spiro atoms. The van der Waals surface area contributed by atoms with E-state index in [2.05, 4.69) is 16.6 Å². The van der Waals surface area contributed by atoms with Crippen LogP contribution in [-0.2, 0) is 21.2 Å². The van der Waals surface area contributed by atoms with Gasteiger partial charge in [0.05, 0.1) is 22.9 Å². The number of carbonyl (C=O) groups is 1. The van der Waals surface area contributed by atoms with Gasteiger partial charge in [-0.05, 0) is 43.0 Å². The van der Waals surface area contributed by atoms with Gasteiger partial charge in [-0.2, -0.15) is 0 Å². The molecular weight excluding hydrogens is 416 g/mol. The number of H-pyrrole nitrogens is 1. The van der Waals surface area contributed by atoms with Crippen molar-refractivity contribution in [1.82, 2.24) is 14.5 Å². The van der Waals surface area contributed by atoms with E-state index in [0.29, 0.717) is 29.6 Å². The number of fused-ring (bicyclic) bond motifs is 2. The van der Waals surface area contributed by atoms with E-state index in [9.17, 15) is 18.0 Å². The van der Waals surface area contributed by atoms with Gasteiger partial charge in [0, 0.05) is 19.5 Å². The van der Waals surface area contributed by atoms with E-state index in [0.717, 1.165) is 31.2 Å². The number of aromatic amines is 1. The molecule has 2 heterocycles. The van der Waals surface area contributed by atoms with Gasteiger partial charge in [-0.25, -0.2) is 13.4 Å². The molecule has 2 aliphatic rings. The second kappa shape index (κ2) is 8.45. The molecule has 1 aliphatic heterocycles. The normalized spacial score (nSPS) is 16.3. The predicted octanol–water partition coefficient (Wildman–Crippen LogP) is 1.24. The van der Waals surface area contributed by atoms with Crippen LogP contribution in [0.3, 0.4) is 0 Å². The lowest BCUT2D eigenvalue weighted by molar-refractivity contribution is -0.132. The Hall–Kier alpha value is -2.68. The summed E-state index contributed by atoms with van der Waals surface area (Å²) in [7, 11) is -1.70. The van der Waals surface area contributed by atoms with Crippen molar-refractivity contribution in [3.63, 3.8) is 0 Å². The second-order valence-corrected chi connectivity index (χ2v) is 10.5. The van der Waals surface area contributed by atoms with Crippen LogP contribution < -0.4 is 16.5 Å². The number of carbonyl (C=O) groups excluding carboxylic acids is 1. The number of sulfone groups is 1. The van der Waals surface area contributed by atoms with Crippen molar-refractivity contribution >= 4 is 28.0 Å². The Morgan fingerprint density at radius 1 is 1.29 bits per heavy atom. The van der Waals surface area contributed by atoms with Gasteiger partial charge < -0.3 is 9.47 Å². The molecule has 1 saturated carbocycles. The highest BCUT2D eigenvalue weighted by molar-refractivity contribution is 7.91. The summed E-state index contributed by atoms with van der Waals surface area (Å²) >= 11 is 0. The lowest BCUT2D eigenvalue weighted by Gasteiger charge is -2.31. The molecule has 0 radical (unpaired) electrons. The first-order valence-electron chi connectivity index (χ1n) is 10.7. The van der Waals surface area contributed by atoms with Crippen molar-refractivity contribution in [1.29, 1.82) is 0 Å². The minimum Gasteiger partial charge on any atom is -0.343 e. The first-order chi connectivity index (χ1) is 14.8. The second-order valence-electron chi connectivity index (χ2n) is 8.43. The minimum atomic E-state index is -3.53. The number of aromatic nitrogens is 2. The Labute approximate surface area is 181 Å². The molecule has 8 nitrogen and oxygen atoms in total. The summed E-state index contributed by atoms with van der Waals surface area (Å²) in [5.74, 6) is -0.0693. The number of rotatable bonds is 6. The van der Waals surface area contributed by atoms with Crippen molar-refractivity contribution in [2.45, 2.75) is 62.4 Å². The average molecular weight is 445 g/mol. The molecular formula is C22H28N4O4S. The number of hydrogen-bond acceptors (Lipinski definition) is 5. The lowest BCUT2D eigenvalue weighted by atomic mass is 9.94. The highest BCUT2D eigenvalue weighted by atomic mass is 32.2. The van der Waals surface area contributed by atoms with Crippen LogP contribution in [0.15, 0.2) is 32.9 Å². The van der Waals surface area contributed by atoms with Crippen LogP contribution in [0.5, 0.6) is 0 Å². The summed E-state index contributed by atoms with van der Waals surface area (Å²) in [5.41, 5.74) is 1.46. The van der Waals surface area contributed by atoms with Gasteiger partial charge in [0.15, 0.2) is 9.84 Å². The molecule has 4 rings (SSSR count). The quantitative estimate of drug-likeness (QED) is 0.618. The predicted molar refractivity (Wildman–Crippen MR) is 117 cm³/mol.